The van der Waals surface area contributed by atoms with E-state index >= 15 is 0 Å². The molecule has 4 nitrogen and oxygen atoms in total. The Bertz CT molecular complexity index is 1230. The molecule has 1 aliphatic rings. The molecule has 0 spiro atoms. The molecule has 188 valence electrons. The maximum Gasteiger partial charge on any atom is 0.151 e. The topological polar surface area (TPSA) is 36.9 Å². The van der Waals surface area contributed by atoms with E-state index in [9.17, 15) is 0 Å². The predicted octanol–water partition coefficient (Wildman–Crippen LogP) is 6.81. The van der Waals surface area contributed by atoms with E-state index in [1.807, 2.05) is 91.0 Å². The van der Waals surface area contributed by atoms with Crippen LogP contribution in [0.4, 0.5) is 0 Å². The number of hydrogen-bond acceptors (Lipinski definition) is 4. The van der Waals surface area contributed by atoms with Crippen LogP contribution in [-0.4, -0.2) is 24.9 Å². The van der Waals surface area contributed by atoms with E-state index < -0.39 is 0 Å². The van der Waals surface area contributed by atoms with Gasteiger partial charge in [0.15, 0.2) is 6.10 Å². The van der Waals surface area contributed by atoms with Gasteiger partial charge in [0.25, 0.3) is 0 Å². The number of hydrogen-bond donors (Lipinski definition) is 0. The fourth-order valence-corrected chi connectivity index (χ4v) is 4.37. The molecule has 1 unspecified atom stereocenters. The first kappa shape index (κ1) is 25.0. The Hall–Kier alpha value is -3.70. The molecule has 4 aromatic rings. The molecule has 0 bridgehead atoms. The molecular formula is C33H32O4. The third-order valence-electron chi connectivity index (χ3n) is 6.31. The van der Waals surface area contributed by atoms with Gasteiger partial charge in [-0.15, -0.1) is 0 Å². The maximum atomic E-state index is 6.52. The molecule has 0 amide bonds. The van der Waals surface area contributed by atoms with Crippen LogP contribution in [0.25, 0.3) is 5.76 Å². The van der Waals surface area contributed by atoms with E-state index in [1.54, 1.807) is 0 Å². The molecule has 5 rings (SSSR count). The fourth-order valence-electron chi connectivity index (χ4n) is 4.37. The van der Waals surface area contributed by atoms with Gasteiger partial charge in [-0.3, -0.25) is 0 Å². The summed E-state index contributed by atoms with van der Waals surface area (Å²) >= 11 is 0. The first-order chi connectivity index (χ1) is 18.3. The molecule has 4 aromatic carbocycles. The predicted molar refractivity (Wildman–Crippen MR) is 145 cm³/mol. The maximum absolute atomic E-state index is 6.52. The highest BCUT2D eigenvalue weighted by atomic mass is 16.6. The van der Waals surface area contributed by atoms with Crippen molar-refractivity contribution in [2.45, 2.75) is 38.1 Å². The van der Waals surface area contributed by atoms with Gasteiger partial charge in [0.1, 0.15) is 18.0 Å². The number of rotatable bonds is 11. The second kappa shape index (κ2) is 13.0. The molecule has 4 heteroatoms. The summed E-state index contributed by atoms with van der Waals surface area (Å²) in [6.07, 6.45) is 1.06. The Morgan fingerprint density at radius 1 is 0.541 bits per heavy atom. The van der Waals surface area contributed by atoms with Crippen molar-refractivity contribution in [1.82, 2.24) is 0 Å². The molecule has 0 aliphatic carbocycles. The van der Waals surface area contributed by atoms with Gasteiger partial charge in [-0.1, -0.05) is 121 Å². The van der Waals surface area contributed by atoms with Crippen LogP contribution in [-0.2, 0) is 38.8 Å². The fraction of sp³-hybridized carbons (Fsp3) is 0.212. The molecule has 37 heavy (non-hydrogen) atoms. The zero-order valence-corrected chi connectivity index (χ0v) is 20.8. The molecule has 1 aliphatic heterocycles. The van der Waals surface area contributed by atoms with Gasteiger partial charge >= 0.3 is 0 Å². The average Bonchev–Trinajstić information content (AvgIpc) is 2.97. The summed E-state index contributed by atoms with van der Waals surface area (Å²) in [6, 6.07) is 40.7. The van der Waals surface area contributed by atoms with Crippen molar-refractivity contribution in [3.05, 3.63) is 150 Å². The Morgan fingerprint density at radius 3 is 1.59 bits per heavy atom. The van der Waals surface area contributed by atoms with E-state index in [4.69, 9.17) is 18.9 Å². The monoisotopic (exact) mass is 492 g/mol. The third-order valence-corrected chi connectivity index (χ3v) is 6.31. The molecule has 0 radical (unpaired) electrons. The van der Waals surface area contributed by atoms with Crippen molar-refractivity contribution in [1.29, 1.82) is 0 Å². The highest BCUT2D eigenvalue weighted by molar-refractivity contribution is 5.61. The lowest BCUT2D eigenvalue weighted by Gasteiger charge is -2.37. The molecule has 0 aromatic heterocycles. The Kier molecular flexibility index (Phi) is 8.79. The minimum atomic E-state index is -0.341. The van der Waals surface area contributed by atoms with Gasteiger partial charge in [-0.25, -0.2) is 0 Å². The molecular weight excluding hydrogens is 460 g/mol. The first-order valence-electron chi connectivity index (χ1n) is 12.7. The standard InChI is InChI=1S/C33H32O4/c1-5-13-26(14-6-1)22-34-25-32-33(36-24-28-17-9-3-10-18-28)31(35-23-27-15-7-2-8-16-27)21-30(37-32)29-19-11-4-12-20-29/h1-21,31-33H,22-25H2/t31-,32-,33?/m1/s1. The second-order valence-corrected chi connectivity index (χ2v) is 9.08. The third kappa shape index (κ3) is 7.17. The molecule has 3 atom stereocenters. The smallest absolute Gasteiger partial charge is 0.151 e. The van der Waals surface area contributed by atoms with Crippen molar-refractivity contribution in [2.75, 3.05) is 6.61 Å². The minimum Gasteiger partial charge on any atom is -0.485 e. The highest BCUT2D eigenvalue weighted by Crippen LogP contribution is 2.30. The van der Waals surface area contributed by atoms with Crippen molar-refractivity contribution in [2.24, 2.45) is 0 Å². The van der Waals surface area contributed by atoms with Crippen LogP contribution < -0.4 is 0 Å². The molecule has 0 saturated heterocycles. The molecule has 0 fully saturated rings. The van der Waals surface area contributed by atoms with E-state index in [1.165, 1.54) is 0 Å². The van der Waals surface area contributed by atoms with Crippen molar-refractivity contribution < 1.29 is 18.9 Å². The summed E-state index contributed by atoms with van der Waals surface area (Å²) in [5, 5.41) is 0. The van der Waals surface area contributed by atoms with Crippen LogP contribution in [0, 0.1) is 0 Å². The van der Waals surface area contributed by atoms with Crippen LogP contribution >= 0.6 is 0 Å². The van der Waals surface area contributed by atoms with Gasteiger partial charge in [-0.05, 0) is 22.8 Å². The summed E-state index contributed by atoms with van der Waals surface area (Å²) in [5.41, 5.74) is 4.34. The lowest BCUT2D eigenvalue weighted by Crippen LogP contribution is -2.46. The Morgan fingerprint density at radius 2 is 1.03 bits per heavy atom. The number of ether oxygens (including phenoxy) is 4. The Labute approximate surface area is 219 Å². The average molecular weight is 493 g/mol. The van der Waals surface area contributed by atoms with Crippen LogP contribution in [0.15, 0.2) is 127 Å². The van der Waals surface area contributed by atoms with Crippen molar-refractivity contribution >= 4 is 5.76 Å². The highest BCUT2D eigenvalue weighted by Gasteiger charge is 2.37. The SMILES string of the molecule is C1=C(c2ccccc2)O[C@H](COCc2ccccc2)C(OCc2ccccc2)[C@@H]1OCc1ccccc1. The summed E-state index contributed by atoms with van der Waals surface area (Å²) in [5.74, 6) is 0.784. The lowest BCUT2D eigenvalue weighted by molar-refractivity contribution is -0.141. The Balaban J connectivity index is 1.38. The zero-order valence-electron chi connectivity index (χ0n) is 20.8. The van der Waals surface area contributed by atoms with Gasteiger partial charge in [0.2, 0.25) is 0 Å². The van der Waals surface area contributed by atoms with E-state index in [-0.39, 0.29) is 18.3 Å². The van der Waals surface area contributed by atoms with E-state index in [0.29, 0.717) is 26.4 Å². The normalized spacial score (nSPS) is 19.1. The van der Waals surface area contributed by atoms with Crippen LogP contribution in [0.2, 0.25) is 0 Å². The molecule has 0 saturated carbocycles. The van der Waals surface area contributed by atoms with Gasteiger partial charge in [-0.2, -0.15) is 0 Å². The summed E-state index contributed by atoms with van der Waals surface area (Å²) in [7, 11) is 0. The summed E-state index contributed by atoms with van der Waals surface area (Å²) in [6.45, 7) is 1.83. The van der Waals surface area contributed by atoms with Crippen LogP contribution in [0.3, 0.4) is 0 Å². The molecule has 1 heterocycles. The van der Waals surface area contributed by atoms with Gasteiger partial charge in [0, 0.05) is 5.56 Å². The van der Waals surface area contributed by atoms with Crippen LogP contribution in [0.5, 0.6) is 0 Å². The summed E-state index contributed by atoms with van der Waals surface area (Å²) < 4.78 is 25.6. The van der Waals surface area contributed by atoms with E-state index in [2.05, 4.69) is 36.4 Å². The van der Waals surface area contributed by atoms with Gasteiger partial charge in [0.05, 0.1) is 26.4 Å². The lowest BCUT2D eigenvalue weighted by atomic mass is 10.0. The van der Waals surface area contributed by atoms with Crippen molar-refractivity contribution in [3.8, 4) is 0 Å². The quantitative estimate of drug-likeness (QED) is 0.230. The number of benzene rings is 4. The zero-order chi connectivity index (χ0) is 25.1. The summed E-state index contributed by atoms with van der Waals surface area (Å²) in [4.78, 5) is 0. The first-order valence-corrected chi connectivity index (χ1v) is 12.7. The second-order valence-electron chi connectivity index (χ2n) is 9.08. The minimum absolute atomic E-state index is 0.307. The molecule has 0 N–H and O–H groups in total. The van der Waals surface area contributed by atoms with E-state index in [0.717, 1.165) is 28.0 Å². The van der Waals surface area contributed by atoms with Gasteiger partial charge < -0.3 is 18.9 Å². The largest absolute Gasteiger partial charge is 0.485 e. The van der Waals surface area contributed by atoms with Crippen LogP contribution in [0.1, 0.15) is 22.3 Å². The van der Waals surface area contributed by atoms with Crippen molar-refractivity contribution in [3.63, 3.8) is 0 Å².